The van der Waals surface area contributed by atoms with Crippen molar-refractivity contribution in [3.05, 3.63) is 72.4 Å². The number of para-hydroxylation sites is 1. The first-order valence-corrected chi connectivity index (χ1v) is 10.6. The van der Waals surface area contributed by atoms with E-state index in [1.54, 1.807) is 38.5 Å². The van der Waals surface area contributed by atoms with Crippen LogP contribution in [0.3, 0.4) is 0 Å². The minimum Gasteiger partial charge on any atom is -0.493 e. The van der Waals surface area contributed by atoms with Gasteiger partial charge in [0.1, 0.15) is 5.70 Å². The number of piperazine rings is 1. The number of imide groups is 1. The molecule has 2 aliphatic rings. The molecule has 2 aromatic carbocycles. The smallest absolute Gasteiger partial charge is 0.278 e. The van der Waals surface area contributed by atoms with Gasteiger partial charge in [-0.2, -0.15) is 0 Å². The van der Waals surface area contributed by atoms with E-state index in [9.17, 15) is 9.59 Å². The third-order valence-electron chi connectivity index (χ3n) is 5.84. The van der Waals surface area contributed by atoms with Crippen LogP contribution in [0.2, 0.25) is 0 Å². The first kappa shape index (κ1) is 21.5. The normalized spacial score (nSPS) is 16.6. The van der Waals surface area contributed by atoms with Crippen LogP contribution in [-0.4, -0.2) is 68.6 Å². The van der Waals surface area contributed by atoms with E-state index in [1.807, 2.05) is 23.1 Å². The van der Waals surface area contributed by atoms with Crippen LogP contribution < -0.4 is 14.4 Å². The van der Waals surface area contributed by atoms with Crippen molar-refractivity contribution in [2.75, 3.05) is 51.8 Å². The molecular formula is C25H27N3O4. The number of methoxy groups -OCH3 is 2. The average molecular weight is 434 g/mol. The molecule has 0 N–H and O–H groups in total. The van der Waals surface area contributed by atoms with Crippen molar-refractivity contribution >= 4 is 23.1 Å². The fourth-order valence-electron chi connectivity index (χ4n) is 4.23. The predicted molar refractivity (Wildman–Crippen MR) is 124 cm³/mol. The number of nitrogens with zero attached hydrogens (tertiary/aromatic N) is 3. The van der Waals surface area contributed by atoms with Crippen molar-refractivity contribution in [1.29, 1.82) is 0 Å². The van der Waals surface area contributed by atoms with Crippen LogP contribution in [0, 0.1) is 0 Å². The molecule has 2 amide bonds. The lowest BCUT2D eigenvalue weighted by atomic mass is 10.0. The Morgan fingerprint density at radius 2 is 1.53 bits per heavy atom. The number of benzene rings is 2. The van der Waals surface area contributed by atoms with Gasteiger partial charge in [0.2, 0.25) is 0 Å². The molecular weight excluding hydrogens is 406 g/mol. The van der Waals surface area contributed by atoms with Gasteiger partial charge in [-0.05, 0) is 29.8 Å². The van der Waals surface area contributed by atoms with E-state index in [-0.39, 0.29) is 18.4 Å². The minimum atomic E-state index is -0.317. The molecule has 32 heavy (non-hydrogen) atoms. The predicted octanol–water partition coefficient (Wildman–Crippen LogP) is 2.79. The quantitative estimate of drug-likeness (QED) is 0.494. The van der Waals surface area contributed by atoms with Crippen LogP contribution in [0.5, 0.6) is 11.5 Å². The van der Waals surface area contributed by atoms with Crippen molar-refractivity contribution in [3.63, 3.8) is 0 Å². The molecule has 2 aromatic rings. The summed E-state index contributed by atoms with van der Waals surface area (Å²) in [6.07, 6.45) is 1.57. The largest absolute Gasteiger partial charge is 0.493 e. The van der Waals surface area contributed by atoms with E-state index in [0.717, 1.165) is 18.8 Å². The second kappa shape index (κ2) is 9.18. The highest BCUT2D eigenvalue weighted by molar-refractivity contribution is 6.35. The molecule has 0 saturated carbocycles. The first-order chi connectivity index (χ1) is 15.6. The van der Waals surface area contributed by atoms with E-state index in [4.69, 9.17) is 9.47 Å². The highest BCUT2D eigenvalue weighted by Crippen LogP contribution is 2.36. The third kappa shape index (κ3) is 3.82. The molecule has 0 aromatic heterocycles. The summed E-state index contributed by atoms with van der Waals surface area (Å²) in [6, 6.07) is 15.5. The highest BCUT2D eigenvalue weighted by atomic mass is 16.5. The van der Waals surface area contributed by atoms with E-state index >= 15 is 0 Å². The van der Waals surface area contributed by atoms with Gasteiger partial charge in [0, 0.05) is 38.4 Å². The van der Waals surface area contributed by atoms with Crippen molar-refractivity contribution in [1.82, 2.24) is 9.80 Å². The molecule has 0 aliphatic carbocycles. The summed E-state index contributed by atoms with van der Waals surface area (Å²) >= 11 is 0. The number of ether oxygens (including phenoxy) is 2. The summed E-state index contributed by atoms with van der Waals surface area (Å²) in [7, 11) is 3.11. The van der Waals surface area contributed by atoms with Crippen molar-refractivity contribution in [2.45, 2.75) is 0 Å². The molecule has 0 radical (unpaired) electrons. The summed E-state index contributed by atoms with van der Waals surface area (Å²) in [5.74, 6) is 0.471. The van der Waals surface area contributed by atoms with E-state index < -0.39 is 0 Å². The Balaban J connectivity index is 1.69. The van der Waals surface area contributed by atoms with Crippen molar-refractivity contribution in [3.8, 4) is 11.5 Å². The van der Waals surface area contributed by atoms with Crippen LogP contribution in [0.1, 0.15) is 5.56 Å². The molecule has 166 valence electrons. The molecule has 1 saturated heterocycles. The zero-order valence-corrected chi connectivity index (χ0v) is 18.4. The summed E-state index contributed by atoms with van der Waals surface area (Å²) in [5, 5.41) is 0. The van der Waals surface area contributed by atoms with E-state index in [1.165, 1.54) is 4.90 Å². The Bertz CT molecular complexity index is 1060. The SMILES string of the molecule is C=CCN1C(=O)C(c2ccc(OC)c(OC)c2)=C(N2CCN(c3ccccc3)CC2)C1=O. The number of carbonyl (C=O) groups excluding carboxylic acids is 2. The summed E-state index contributed by atoms with van der Waals surface area (Å²) < 4.78 is 10.7. The number of amides is 2. The molecule has 7 nitrogen and oxygen atoms in total. The van der Waals surface area contributed by atoms with Gasteiger partial charge in [-0.3, -0.25) is 14.5 Å². The number of anilines is 1. The lowest BCUT2D eigenvalue weighted by molar-refractivity contribution is -0.136. The van der Waals surface area contributed by atoms with Gasteiger partial charge >= 0.3 is 0 Å². The number of carbonyl (C=O) groups is 2. The highest BCUT2D eigenvalue weighted by Gasteiger charge is 2.41. The van der Waals surface area contributed by atoms with E-state index in [2.05, 4.69) is 23.6 Å². The summed E-state index contributed by atoms with van der Waals surface area (Å²) in [6.45, 7) is 6.67. The topological polar surface area (TPSA) is 62.3 Å². The number of hydrogen-bond acceptors (Lipinski definition) is 6. The maximum absolute atomic E-state index is 13.3. The van der Waals surface area contributed by atoms with Crippen molar-refractivity contribution < 1.29 is 19.1 Å². The Hall–Kier alpha value is -3.74. The van der Waals surface area contributed by atoms with Gasteiger partial charge in [0.25, 0.3) is 11.8 Å². The minimum absolute atomic E-state index is 0.169. The van der Waals surface area contributed by atoms with Crippen LogP contribution in [0.15, 0.2) is 66.9 Å². The first-order valence-electron chi connectivity index (χ1n) is 10.6. The lowest BCUT2D eigenvalue weighted by Crippen LogP contribution is -2.47. The van der Waals surface area contributed by atoms with Crippen LogP contribution in [0.4, 0.5) is 5.69 Å². The van der Waals surface area contributed by atoms with Gasteiger partial charge in [-0.25, -0.2) is 0 Å². The zero-order valence-electron chi connectivity index (χ0n) is 18.4. The Morgan fingerprint density at radius 3 is 2.16 bits per heavy atom. The van der Waals surface area contributed by atoms with Gasteiger partial charge in [-0.15, -0.1) is 6.58 Å². The monoisotopic (exact) mass is 433 g/mol. The lowest BCUT2D eigenvalue weighted by Gasteiger charge is -2.37. The number of hydrogen-bond donors (Lipinski definition) is 0. The van der Waals surface area contributed by atoms with Gasteiger partial charge in [0.15, 0.2) is 11.5 Å². The van der Waals surface area contributed by atoms with Gasteiger partial charge < -0.3 is 19.3 Å². The standard InChI is InChI=1S/C25H27N3O4/c1-4-12-28-24(29)22(18-10-11-20(31-2)21(17-18)32-3)23(25(28)30)27-15-13-26(14-16-27)19-8-6-5-7-9-19/h4-11,17H,1,12-16H2,2-3H3. The Labute approximate surface area is 188 Å². The Morgan fingerprint density at radius 1 is 0.875 bits per heavy atom. The van der Waals surface area contributed by atoms with Crippen LogP contribution in [-0.2, 0) is 9.59 Å². The van der Waals surface area contributed by atoms with Gasteiger partial charge in [0.05, 0.1) is 19.8 Å². The zero-order chi connectivity index (χ0) is 22.7. The second-order valence-electron chi connectivity index (χ2n) is 7.61. The fourth-order valence-corrected chi connectivity index (χ4v) is 4.23. The molecule has 1 fully saturated rings. The molecule has 2 aliphatic heterocycles. The Kier molecular flexibility index (Phi) is 6.16. The average Bonchev–Trinajstić information content (AvgIpc) is 3.09. The maximum Gasteiger partial charge on any atom is 0.278 e. The molecule has 7 heteroatoms. The third-order valence-corrected chi connectivity index (χ3v) is 5.84. The summed E-state index contributed by atoms with van der Waals surface area (Å²) in [5.41, 5.74) is 2.62. The van der Waals surface area contributed by atoms with Crippen molar-refractivity contribution in [2.24, 2.45) is 0 Å². The van der Waals surface area contributed by atoms with E-state index in [0.29, 0.717) is 41.4 Å². The molecule has 2 heterocycles. The summed E-state index contributed by atoms with van der Waals surface area (Å²) in [4.78, 5) is 32.2. The fraction of sp³-hybridized carbons (Fsp3) is 0.280. The molecule has 0 atom stereocenters. The second-order valence-corrected chi connectivity index (χ2v) is 7.61. The molecule has 0 spiro atoms. The number of rotatable bonds is 7. The molecule has 0 bridgehead atoms. The van der Waals surface area contributed by atoms with Crippen LogP contribution in [0.25, 0.3) is 5.57 Å². The maximum atomic E-state index is 13.3. The van der Waals surface area contributed by atoms with Gasteiger partial charge in [-0.1, -0.05) is 30.3 Å². The molecule has 4 rings (SSSR count). The van der Waals surface area contributed by atoms with Crippen LogP contribution >= 0.6 is 0 Å². The molecule has 0 unspecified atom stereocenters.